The molecule has 0 atom stereocenters. The maximum Gasteiger partial charge on any atom is 0.416 e. The van der Waals surface area contributed by atoms with Crippen LogP contribution in [0.4, 0.5) is 13.2 Å². The highest BCUT2D eigenvalue weighted by atomic mass is 19.4. The molecule has 0 heterocycles. The maximum atomic E-state index is 12.3. The topological polar surface area (TPSA) is 36.9 Å². The highest BCUT2D eigenvalue weighted by molar-refractivity contribution is 5.28. The summed E-state index contributed by atoms with van der Waals surface area (Å²) in [5.41, 5.74) is -0.566. The normalized spacial score (nSPS) is 11.7. The Morgan fingerprint density at radius 2 is 1.85 bits per heavy atom. The van der Waals surface area contributed by atoms with E-state index < -0.39 is 11.7 Å². The van der Waals surface area contributed by atoms with Crippen LogP contribution in [0.25, 0.3) is 0 Å². The van der Waals surface area contributed by atoms with Gasteiger partial charge >= 0.3 is 6.18 Å². The first-order valence-corrected chi connectivity index (χ1v) is 3.58. The van der Waals surface area contributed by atoms with Crippen molar-refractivity contribution in [3.05, 3.63) is 35.4 Å². The lowest BCUT2D eigenvalue weighted by molar-refractivity contribution is -0.695. The minimum atomic E-state index is -4.32. The average molecular weight is 192 g/mol. The molecule has 3 N–H and O–H groups in total. The Morgan fingerprint density at radius 1 is 1.23 bits per heavy atom. The van der Waals surface area contributed by atoms with Gasteiger partial charge in [0.05, 0.1) is 5.56 Å². The molecule has 1 aromatic carbocycles. The van der Waals surface area contributed by atoms with E-state index in [0.717, 1.165) is 6.07 Å². The van der Waals surface area contributed by atoms with Gasteiger partial charge in [0.1, 0.15) is 6.61 Å². The fraction of sp³-hybridized carbons (Fsp3) is 0.250. The van der Waals surface area contributed by atoms with Gasteiger partial charge in [0.25, 0.3) is 0 Å². The van der Waals surface area contributed by atoms with Crippen molar-refractivity contribution in [2.45, 2.75) is 12.8 Å². The van der Waals surface area contributed by atoms with Gasteiger partial charge in [-0.15, -0.1) is 0 Å². The molecule has 0 fully saturated rings. The standard InChI is InChI=1S/C8H9F3NO/c9-8(10,11)7-4-2-1-3-6(7)5-13-12/h1-4H,5H2,12H3/q+1. The predicted molar refractivity (Wildman–Crippen MR) is 39.1 cm³/mol. The van der Waals surface area contributed by atoms with Gasteiger partial charge in [-0.05, 0) is 11.6 Å². The third kappa shape index (κ3) is 2.43. The molecular formula is C8H9F3NO+. The van der Waals surface area contributed by atoms with Crippen molar-refractivity contribution in [1.29, 1.82) is 0 Å². The van der Waals surface area contributed by atoms with Crippen LogP contribution < -0.4 is 5.90 Å². The van der Waals surface area contributed by atoms with Crippen LogP contribution in [0.2, 0.25) is 0 Å². The Hall–Kier alpha value is -1.07. The van der Waals surface area contributed by atoms with E-state index in [9.17, 15) is 13.2 Å². The summed E-state index contributed by atoms with van der Waals surface area (Å²) < 4.78 is 36.9. The van der Waals surface area contributed by atoms with E-state index in [4.69, 9.17) is 0 Å². The molecule has 1 rings (SSSR count). The largest absolute Gasteiger partial charge is 0.416 e. The molecule has 0 unspecified atom stereocenters. The molecular weight excluding hydrogens is 183 g/mol. The lowest BCUT2D eigenvalue weighted by Crippen LogP contribution is -2.48. The van der Waals surface area contributed by atoms with Gasteiger partial charge in [0, 0.05) is 0 Å². The third-order valence-electron chi connectivity index (χ3n) is 1.58. The molecule has 0 bridgehead atoms. The molecule has 2 nitrogen and oxygen atoms in total. The summed E-state index contributed by atoms with van der Waals surface area (Å²) in [5.74, 6) is 3.04. The summed E-state index contributed by atoms with van der Waals surface area (Å²) in [5, 5.41) is 0. The number of hydrogen-bond donors (Lipinski definition) is 1. The number of quaternary nitrogens is 1. The minimum Gasteiger partial charge on any atom is -0.212 e. The number of benzene rings is 1. The van der Waals surface area contributed by atoms with Gasteiger partial charge in [0.2, 0.25) is 0 Å². The van der Waals surface area contributed by atoms with Crippen LogP contribution in [0.1, 0.15) is 11.1 Å². The second kappa shape index (κ2) is 3.76. The van der Waals surface area contributed by atoms with Crippen LogP contribution >= 0.6 is 0 Å². The Kier molecular flexibility index (Phi) is 2.90. The molecule has 72 valence electrons. The summed E-state index contributed by atoms with van der Waals surface area (Å²) in [6.45, 7) is -0.129. The van der Waals surface area contributed by atoms with Crippen LogP contribution in [0.5, 0.6) is 0 Å². The van der Waals surface area contributed by atoms with E-state index in [1.54, 1.807) is 0 Å². The predicted octanol–water partition coefficient (Wildman–Crippen LogP) is 1.38. The van der Waals surface area contributed by atoms with Crippen LogP contribution in [0.15, 0.2) is 24.3 Å². The summed E-state index contributed by atoms with van der Waals surface area (Å²) >= 11 is 0. The molecule has 0 spiro atoms. The van der Waals surface area contributed by atoms with Crippen LogP contribution in [-0.4, -0.2) is 0 Å². The zero-order valence-electron chi connectivity index (χ0n) is 6.77. The second-order valence-electron chi connectivity index (χ2n) is 2.50. The lowest BCUT2D eigenvalue weighted by atomic mass is 10.1. The molecule has 0 amide bonds. The van der Waals surface area contributed by atoms with Crippen LogP contribution in [0, 0.1) is 0 Å². The Morgan fingerprint density at radius 3 is 2.38 bits per heavy atom. The van der Waals surface area contributed by atoms with Crippen molar-refractivity contribution < 1.29 is 23.9 Å². The van der Waals surface area contributed by atoms with Crippen LogP contribution in [0.3, 0.4) is 0 Å². The molecule has 0 aliphatic rings. The van der Waals surface area contributed by atoms with Crippen molar-refractivity contribution >= 4 is 0 Å². The van der Waals surface area contributed by atoms with Crippen molar-refractivity contribution in [2.24, 2.45) is 0 Å². The number of halogens is 3. The maximum absolute atomic E-state index is 12.3. The van der Waals surface area contributed by atoms with Gasteiger partial charge in [-0.3, -0.25) is 0 Å². The fourth-order valence-electron chi connectivity index (χ4n) is 1.03. The Labute approximate surface area is 73.1 Å². The minimum absolute atomic E-state index is 0.102. The smallest absolute Gasteiger partial charge is 0.212 e. The number of alkyl halides is 3. The Bertz CT molecular complexity index is 285. The third-order valence-corrected chi connectivity index (χ3v) is 1.58. The molecule has 1 aromatic rings. The zero-order chi connectivity index (χ0) is 9.90. The van der Waals surface area contributed by atoms with Gasteiger partial charge in [-0.1, -0.05) is 18.2 Å². The second-order valence-corrected chi connectivity index (χ2v) is 2.50. The fourth-order valence-corrected chi connectivity index (χ4v) is 1.03. The van der Waals surface area contributed by atoms with Gasteiger partial charge in [0.15, 0.2) is 0 Å². The van der Waals surface area contributed by atoms with Gasteiger partial charge < -0.3 is 0 Å². The average Bonchev–Trinajstić information content (AvgIpc) is 2.04. The monoisotopic (exact) mass is 192 g/mol. The molecule has 13 heavy (non-hydrogen) atoms. The van der Waals surface area contributed by atoms with Crippen molar-refractivity contribution in [3.63, 3.8) is 0 Å². The highest BCUT2D eigenvalue weighted by Crippen LogP contribution is 2.31. The molecule has 5 heteroatoms. The summed E-state index contributed by atoms with van der Waals surface area (Å²) in [7, 11) is 0. The van der Waals surface area contributed by atoms with Crippen molar-refractivity contribution in [3.8, 4) is 0 Å². The van der Waals surface area contributed by atoms with Crippen molar-refractivity contribution in [1.82, 2.24) is 0 Å². The Balaban J connectivity index is 3.05. The molecule has 0 aromatic heterocycles. The number of rotatable bonds is 2. The first-order valence-electron chi connectivity index (χ1n) is 3.58. The molecule has 0 aliphatic heterocycles. The molecule has 0 radical (unpaired) electrons. The first-order chi connectivity index (χ1) is 6.05. The van der Waals surface area contributed by atoms with Crippen molar-refractivity contribution in [2.75, 3.05) is 0 Å². The van der Waals surface area contributed by atoms with E-state index in [-0.39, 0.29) is 12.2 Å². The summed E-state index contributed by atoms with van der Waals surface area (Å²) in [4.78, 5) is 4.41. The van der Waals surface area contributed by atoms with Gasteiger partial charge in [-0.2, -0.15) is 13.2 Å². The number of hydrogen-bond acceptors (Lipinski definition) is 1. The van der Waals surface area contributed by atoms with Gasteiger partial charge in [-0.25, -0.2) is 10.7 Å². The molecule has 0 saturated carbocycles. The van der Waals surface area contributed by atoms with E-state index in [0.29, 0.717) is 0 Å². The quantitative estimate of drug-likeness (QED) is 0.706. The van der Waals surface area contributed by atoms with Crippen LogP contribution in [-0.2, 0) is 17.6 Å². The molecule has 0 saturated heterocycles. The SMILES string of the molecule is [NH3+]OCc1ccccc1C(F)(F)F. The molecule has 0 aliphatic carbocycles. The lowest BCUT2D eigenvalue weighted by Gasteiger charge is -2.10. The highest BCUT2D eigenvalue weighted by Gasteiger charge is 2.32. The summed E-state index contributed by atoms with van der Waals surface area (Å²) in [6.07, 6.45) is -4.32. The first kappa shape index (κ1) is 10.0. The van der Waals surface area contributed by atoms with E-state index in [1.165, 1.54) is 18.2 Å². The van der Waals surface area contributed by atoms with E-state index >= 15 is 0 Å². The van der Waals surface area contributed by atoms with E-state index in [1.807, 2.05) is 0 Å². The summed E-state index contributed by atoms with van der Waals surface area (Å²) in [6, 6.07) is 5.27. The van der Waals surface area contributed by atoms with E-state index in [2.05, 4.69) is 10.7 Å². The zero-order valence-corrected chi connectivity index (χ0v) is 6.77.